The number of hydrogen-bond acceptors (Lipinski definition) is 2. The molecule has 0 aliphatic heterocycles. The van der Waals surface area contributed by atoms with Gasteiger partial charge in [0.25, 0.3) is 0 Å². The van der Waals surface area contributed by atoms with Gasteiger partial charge in [0.1, 0.15) is 0 Å². The predicted molar refractivity (Wildman–Crippen MR) is 45.6 cm³/mol. The molecule has 2 bridgehead atoms. The lowest BCUT2D eigenvalue weighted by atomic mass is 9.43. The van der Waals surface area contributed by atoms with Crippen molar-refractivity contribution in [1.82, 2.24) is 0 Å². The van der Waals surface area contributed by atoms with Crippen molar-refractivity contribution in [3.63, 3.8) is 0 Å². The van der Waals surface area contributed by atoms with Gasteiger partial charge in [0.05, 0.1) is 12.5 Å². The number of carbonyl (C=O) groups excluding carboxylic acids is 1. The van der Waals surface area contributed by atoms with Gasteiger partial charge in [0.2, 0.25) is 0 Å². The third-order valence-corrected chi connectivity index (χ3v) is 3.05. The Bertz CT molecular complexity index is 191. The monoisotopic (exact) mass is 168 g/mol. The third kappa shape index (κ3) is 1.23. The first-order valence-electron chi connectivity index (χ1n) is 4.79. The van der Waals surface area contributed by atoms with Gasteiger partial charge in [-0.05, 0) is 44.4 Å². The number of hydrogen-bond donors (Lipinski definition) is 0. The van der Waals surface area contributed by atoms with Crippen LogP contribution < -0.4 is 0 Å². The average molecular weight is 168 g/mol. The lowest BCUT2D eigenvalue weighted by Crippen LogP contribution is -2.52. The molecule has 0 aromatic heterocycles. The fraction of sp³-hybridized carbons (Fsp3) is 0.900. The van der Waals surface area contributed by atoms with Gasteiger partial charge in [-0.2, -0.15) is 0 Å². The van der Waals surface area contributed by atoms with Crippen molar-refractivity contribution in [1.29, 1.82) is 0 Å². The van der Waals surface area contributed by atoms with Crippen LogP contribution in [0.1, 0.15) is 39.5 Å². The van der Waals surface area contributed by atoms with Crippen molar-refractivity contribution in [2.24, 2.45) is 11.3 Å². The van der Waals surface area contributed by atoms with Crippen LogP contribution in [0.15, 0.2) is 0 Å². The fourth-order valence-corrected chi connectivity index (χ4v) is 2.49. The first kappa shape index (κ1) is 8.09. The molecule has 0 heterocycles. The van der Waals surface area contributed by atoms with Crippen LogP contribution in [0.25, 0.3) is 0 Å². The fourth-order valence-electron chi connectivity index (χ4n) is 2.49. The maximum absolute atomic E-state index is 11.3. The molecule has 12 heavy (non-hydrogen) atoms. The zero-order chi connectivity index (χ0) is 8.77. The Hall–Kier alpha value is -0.530. The van der Waals surface area contributed by atoms with E-state index in [4.69, 9.17) is 4.74 Å². The van der Waals surface area contributed by atoms with Crippen molar-refractivity contribution in [3.05, 3.63) is 0 Å². The largest absolute Gasteiger partial charge is 0.463 e. The highest BCUT2D eigenvalue weighted by Crippen LogP contribution is 2.66. The maximum Gasteiger partial charge on any atom is 0.306 e. The molecule has 0 unspecified atom stereocenters. The van der Waals surface area contributed by atoms with E-state index in [1.54, 1.807) is 0 Å². The van der Waals surface area contributed by atoms with Crippen LogP contribution in [0.2, 0.25) is 0 Å². The third-order valence-electron chi connectivity index (χ3n) is 3.05. The van der Waals surface area contributed by atoms with E-state index in [0.717, 1.165) is 5.92 Å². The molecule has 3 aliphatic carbocycles. The van der Waals surface area contributed by atoms with Gasteiger partial charge in [-0.25, -0.2) is 0 Å². The molecule has 0 saturated heterocycles. The topological polar surface area (TPSA) is 26.3 Å². The SMILES string of the molecule is CC(C)OC(=O)CC12CC(C1)C2. The zero-order valence-corrected chi connectivity index (χ0v) is 7.80. The van der Waals surface area contributed by atoms with Crippen LogP contribution in [0.5, 0.6) is 0 Å². The van der Waals surface area contributed by atoms with Gasteiger partial charge in [-0.15, -0.1) is 0 Å². The van der Waals surface area contributed by atoms with Gasteiger partial charge in [0.15, 0.2) is 0 Å². The van der Waals surface area contributed by atoms with Crippen LogP contribution in [-0.2, 0) is 9.53 Å². The number of rotatable bonds is 3. The van der Waals surface area contributed by atoms with Crippen LogP contribution in [-0.4, -0.2) is 12.1 Å². The van der Waals surface area contributed by atoms with E-state index in [2.05, 4.69) is 0 Å². The smallest absolute Gasteiger partial charge is 0.306 e. The molecule has 0 amide bonds. The van der Waals surface area contributed by atoms with Crippen LogP contribution in [0.4, 0.5) is 0 Å². The van der Waals surface area contributed by atoms with Gasteiger partial charge < -0.3 is 4.74 Å². The molecule has 0 spiro atoms. The molecule has 0 radical (unpaired) electrons. The molecule has 3 saturated carbocycles. The highest BCUT2D eigenvalue weighted by atomic mass is 16.5. The molecule has 3 aliphatic rings. The molecule has 0 aromatic carbocycles. The van der Waals surface area contributed by atoms with Gasteiger partial charge in [0, 0.05) is 0 Å². The summed E-state index contributed by atoms with van der Waals surface area (Å²) in [7, 11) is 0. The van der Waals surface area contributed by atoms with E-state index in [-0.39, 0.29) is 12.1 Å². The molecular weight excluding hydrogens is 152 g/mol. The summed E-state index contributed by atoms with van der Waals surface area (Å²) in [6, 6.07) is 0. The molecule has 68 valence electrons. The lowest BCUT2D eigenvalue weighted by Gasteiger charge is -2.61. The average Bonchev–Trinajstić information content (AvgIpc) is 1.74. The summed E-state index contributed by atoms with van der Waals surface area (Å²) in [5.41, 5.74) is 0.399. The quantitative estimate of drug-likeness (QED) is 0.603. The first-order chi connectivity index (χ1) is 5.60. The summed E-state index contributed by atoms with van der Waals surface area (Å²) < 4.78 is 5.11. The number of ether oxygens (including phenoxy) is 1. The highest BCUT2D eigenvalue weighted by Gasteiger charge is 2.57. The Morgan fingerprint density at radius 2 is 2.08 bits per heavy atom. The van der Waals surface area contributed by atoms with E-state index in [9.17, 15) is 4.79 Å². The summed E-state index contributed by atoms with van der Waals surface area (Å²) in [6.45, 7) is 3.81. The standard InChI is InChI=1S/C10H16O2/c1-7(2)12-9(11)6-10-3-8(4-10)5-10/h7-8H,3-6H2,1-2H3. The molecule has 2 heteroatoms. The van der Waals surface area contributed by atoms with E-state index in [0.29, 0.717) is 11.8 Å². The summed E-state index contributed by atoms with van der Waals surface area (Å²) in [5, 5.41) is 0. The van der Waals surface area contributed by atoms with Crippen molar-refractivity contribution < 1.29 is 9.53 Å². The second-order valence-corrected chi connectivity index (χ2v) is 4.69. The van der Waals surface area contributed by atoms with Gasteiger partial charge in [-0.3, -0.25) is 4.79 Å². The normalized spacial score (nSPS) is 37.1. The second kappa shape index (κ2) is 2.48. The molecule has 0 N–H and O–H groups in total. The van der Waals surface area contributed by atoms with Gasteiger partial charge >= 0.3 is 5.97 Å². The van der Waals surface area contributed by atoms with Gasteiger partial charge in [-0.1, -0.05) is 0 Å². The van der Waals surface area contributed by atoms with E-state index < -0.39 is 0 Å². The van der Waals surface area contributed by atoms with Crippen LogP contribution >= 0.6 is 0 Å². The van der Waals surface area contributed by atoms with Crippen molar-refractivity contribution in [2.45, 2.75) is 45.6 Å². The first-order valence-corrected chi connectivity index (χ1v) is 4.79. The summed E-state index contributed by atoms with van der Waals surface area (Å²) in [5.74, 6) is 0.958. The molecule has 0 atom stereocenters. The molecule has 0 aromatic rings. The summed E-state index contributed by atoms with van der Waals surface area (Å²) in [6.07, 6.45) is 4.55. The molecule has 2 nitrogen and oxygen atoms in total. The zero-order valence-electron chi connectivity index (χ0n) is 7.80. The Morgan fingerprint density at radius 3 is 2.42 bits per heavy atom. The lowest BCUT2D eigenvalue weighted by molar-refractivity contribution is -0.167. The van der Waals surface area contributed by atoms with Crippen molar-refractivity contribution in [2.75, 3.05) is 0 Å². The molecule has 3 rings (SSSR count). The second-order valence-electron chi connectivity index (χ2n) is 4.69. The minimum Gasteiger partial charge on any atom is -0.463 e. The van der Waals surface area contributed by atoms with E-state index in [1.165, 1.54) is 19.3 Å². The Balaban J connectivity index is 1.75. The van der Waals surface area contributed by atoms with Crippen LogP contribution in [0, 0.1) is 11.3 Å². The highest BCUT2D eigenvalue weighted by molar-refractivity contribution is 5.71. The number of esters is 1. The number of carbonyl (C=O) groups is 1. The summed E-state index contributed by atoms with van der Waals surface area (Å²) >= 11 is 0. The maximum atomic E-state index is 11.3. The van der Waals surface area contributed by atoms with Crippen molar-refractivity contribution >= 4 is 5.97 Å². The minimum atomic E-state index is 0.00292. The van der Waals surface area contributed by atoms with Crippen molar-refractivity contribution in [3.8, 4) is 0 Å². The Labute approximate surface area is 73.3 Å². The Kier molecular flexibility index (Phi) is 1.67. The molecular formula is C10H16O2. The molecule has 3 fully saturated rings. The van der Waals surface area contributed by atoms with E-state index >= 15 is 0 Å². The van der Waals surface area contributed by atoms with E-state index in [1.807, 2.05) is 13.8 Å². The van der Waals surface area contributed by atoms with Crippen LogP contribution in [0.3, 0.4) is 0 Å². The minimum absolute atomic E-state index is 0.00292. The summed E-state index contributed by atoms with van der Waals surface area (Å²) in [4.78, 5) is 11.3. The Morgan fingerprint density at radius 1 is 1.50 bits per heavy atom. The predicted octanol–water partition coefficient (Wildman–Crippen LogP) is 2.13.